The maximum absolute atomic E-state index is 13.2. The van der Waals surface area contributed by atoms with Crippen LogP contribution in [0.4, 0.5) is 5.82 Å². The molecular formula is C24H28N4O3S2. The molecule has 2 aromatic heterocycles. The minimum absolute atomic E-state index is 0.0588. The number of carbonyl (C=O) groups excluding carboxylic acids is 2. The van der Waals surface area contributed by atoms with Gasteiger partial charge < -0.3 is 9.88 Å². The Morgan fingerprint density at radius 1 is 1.15 bits per heavy atom. The Bertz CT molecular complexity index is 1100. The monoisotopic (exact) mass is 484 g/mol. The highest BCUT2D eigenvalue weighted by Crippen LogP contribution is 2.23. The van der Waals surface area contributed by atoms with Crippen molar-refractivity contribution in [3.8, 4) is 0 Å². The molecule has 0 fully saturated rings. The first-order valence-electron chi connectivity index (χ1n) is 10.9. The zero-order valence-electron chi connectivity index (χ0n) is 18.8. The van der Waals surface area contributed by atoms with Crippen molar-refractivity contribution in [2.75, 3.05) is 11.1 Å². The molecule has 0 spiro atoms. The number of thioether (sulfide) groups is 1. The molecular weight excluding hydrogens is 456 g/mol. The van der Waals surface area contributed by atoms with Gasteiger partial charge in [0.05, 0.1) is 23.8 Å². The van der Waals surface area contributed by atoms with Crippen molar-refractivity contribution in [1.29, 1.82) is 0 Å². The summed E-state index contributed by atoms with van der Waals surface area (Å²) >= 11 is 2.97. The lowest BCUT2D eigenvalue weighted by molar-refractivity contribution is -0.128. The molecule has 3 rings (SSSR count). The minimum atomic E-state index is -0.631. The standard InChI is InChI=1S/C24H28N4O3S2/c1-3-17(22(30)15-32-18-8-6-5-7-9-18)12-21(29)20(4-2)28-11-10-26-23(24(28)31)27-14-19-13-25-16-33-19/h5-11,13,16-17,20H,3-4,12,14-15H2,1-2H3,(H,26,27)/t17-,20?/m1/s1. The van der Waals surface area contributed by atoms with E-state index in [1.807, 2.05) is 44.2 Å². The van der Waals surface area contributed by atoms with Gasteiger partial charge in [0.15, 0.2) is 11.6 Å². The summed E-state index contributed by atoms with van der Waals surface area (Å²) < 4.78 is 1.43. The Kier molecular flexibility index (Phi) is 9.38. The number of nitrogens with one attached hydrogen (secondary N) is 1. The molecule has 1 N–H and O–H groups in total. The first-order chi connectivity index (χ1) is 16.0. The molecule has 2 atom stereocenters. The van der Waals surface area contributed by atoms with Gasteiger partial charge in [-0.1, -0.05) is 32.0 Å². The minimum Gasteiger partial charge on any atom is -0.361 e. The molecule has 3 aromatic rings. The van der Waals surface area contributed by atoms with Gasteiger partial charge in [0.2, 0.25) is 0 Å². The average molecular weight is 485 g/mol. The number of rotatable bonds is 13. The molecule has 0 radical (unpaired) electrons. The third-order valence-electron chi connectivity index (χ3n) is 5.40. The summed E-state index contributed by atoms with van der Waals surface area (Å²) in [5.41, 5.74) is 1.38. The lowest BCUT2D eigenvalue weighted by Gasteiger charge is -2.20. The van der Waals surface area contributed by atoms with E-state index >= 15 is 0 Å². The number of ketones is 2. The van der Waals surface area contributed by atoms with E-state index in [9.17, 15) is 14.4 Å². The van der Waals surface area contributed by atoms with E-state index in [-0.39, 0.29) is 35.3 Å². The zero-order valence-corrected chi connectivity index (χ0v) is 20.4. The summed E-state index contributed by atoms with van der Waals surface area (Å²) in [5.74, 6) is 0.115. The summed E-state index contributed by atoms with van der Waals surface area (Å²) in [4.78, 5) is 49.1. The summed E-state index contributed by atoms with van der Waals surface area (Å²) in [7, 11) is 0. The fourth-order valence-corrected chi connectivity index (χ4v) is 4.95. The second-order valence-electron chi connectivity index (χ2n) is 7.58. The number of anilines is 1. The predicted molar refractivity (Wildman–Crippen MR) is 133 cm³/mol. The number of hydrogen-bond acceptors (Lipinski definition) is 8. The van der Waals surface area contributed by atoms with Gasteiger partial charge in [0.1, 0.15) is 5.78 Å². The van der Waals surface area contributed by atoms with E-state index in [1.165, 1.54) is 33.9 Å². The molecule has 0 aliphatic carbocycles. The summed E-state index contributed by atoms with van der Waals surface area (Å²) in [6, 6.07) is 9.11. The topological polar surface area (TPSA) is 93.9 Å². The van der Waals surface area contributed by atoms with Gasteiger partial charge >= 0.3 is 0 Å². The number of benzene rings is 1. The van der Waals surface area contributed by atoms with E-state index in [4.69, 9.17) is 0 Å². The number of aromatic nitrogens is 3. The Hall–Kier alpha value is -2.78. The van der Waals surface area contributed by atoms with E-state index in [0.717, 1.165) is 9.77 Å². The molecule has 0 aliphatic rings. The third-order valence-corrected chi connectivity index (χ3v) is 7.21. The van der Waals surface area contributed by atoms with Crippen molar-refractivity contribution in [3.05, 3.63) is 69.7 Å². The second-order valence-corrected chi connectivity index (χ2v) is 9.60. The van der Waals surface area contributed by atoms with Crippen LogP contribution < -0.4 is 10.9 Å². The molecule has 0 amide bonds. The van der Waals surface area contributed by atoms with Gasteiger partial charge in [-0.2, -0.15) is 0 Å². The molecule has 1 aromatic carbocycles. The quantitative estimate of drug-likeness (QED) is 0.354. The summed E-state index contributed by atoms with van der Waals surface area (Å²) in [6.45, 7) is 4.23. The van der Waals surface area contributed by atoms with Crippen molar-refractivity contribution in [1.82, 2.24) is 14.5 Å². The molecule has 174 valence electrons. The van der Waals surface area contributed by atoms with Crippen LogP contribution in [0.25, 0.3) is 0 Å². The van der Waals surface area contributed by atoms with Gasteiger partial charge in [-0.3, -0.25) is 19.4 Å². The van der Waals surface area contributed by atoms with Gasteiger partial charge in [0.25, 0.3) is 5.56 Å². The Labute approximate surface area is 201 Å². The number of Topliss-reactive ketones (excluding diaryl/α,β-unsaturated/α-hetero) is 2. The van der Waals surface area contributed by atoms with Crippen LogP contribution in [0.3, 0.4) is 0 Å². The van der Waals surface area contributed by atoms with Gasteiger partial charge in [-0.25, -0.2) is 4.98 Å². The van der Waals surface area contributed by atoms with Crippen LogP contribution in [0.15, 0.2) is 64.1 Å². The third kappa shape index (κ3) is 6.85. The highest BCUT2D eigenvalue weighted by Gasteiger charge is 2.26. The number of hydrogen-bond donors (Lipinski definition) is 1. The highest BCUT2D eigenvalue weighted by molar-refractivity contribution is 8.00. The van der Waals surface area contributed by atoms with Crippen LogP contribution in [0.1, 0.15) is 44.0 Å². The van der Waals surface area contributed by atoms with Crippen LogP contribution in [0.2, 0.25) is 0 Å². The molecule has 0 saturated heterocycles. The first kappa shape index (κ1) is 24.9. The van der Waals surface area contributed by atoms with Crippen LogP contribution in [-0.4, -0.2) is 31.9 Å². The Morgan fingerprint density at radius 3 is 2.61 bits per heavy atom. The van der Waals surface area contributed by atoms with Crippen molar-refractivity contribution in [2.45, 2.75) is 50.6 Å². The predicted octanol–water partition coefficient (Wildman–Crippen LogP) is 4.61. The highest BCUT2D eigenvalue weighted by atomic mass is 32.2. The van der Waals surface area contributed by atoms with Crippen molar-refractivity contribution < 1.29 is 9.59 Å². The van der Waals surface area contributed by atoms with Crippen LogP contribution in [-0.2, 0) is 16.1 Å². The lowest BCUT2D eigenvalue weighted by Crippen LogP contribution is -2.33. The van der Waals surface area contributed by atoms with E-state index in [2.05, 4.69) is 15.3 Å². The molecule has 0 saturated carbocycles. The van der Waals surface area contributed by atoms with Crippen LogP contribution in [0.5, 0.6) is 0 Å². The fourth-order valence-electron chi connectivity index (χ4n) is 3.53. The van der Waals surface area contributed by atoms with Crippen molar-refractivity contribution in [3.63, 3.8) is 0 Å². The van der Waals surface area contributed by atoms with Crippen LogP contribution >= 0.6 is 23.1 Å². The summed E-state index contributed by atoms with van der Waals surface area (Å²) in [5, 5.41) is 3.03. The van der Waals surface area contributed by atoms with Gasteiger partial charge in [-0.15, -0.1) is 23.1 Å². The first-order valence-corrected chi connectivity index (χ1v) is 12.8. The lowest BCUT2D eigenvalue weighted by atomic mass is 9.92. The molecule has 7 nitrogen and oxygen atoms in total. The Morgan fingerprint density at radius 2 is 1.94 bits per heavy atom. The zero-order chi connectivity index (χ0) is 23.6. The molecule has 2 heterocycles. The number of thiazole rings is 1. The van der Waals surface area contributed by atoms with E-state index in [0.29, 0.717) is 25.1 Å². The largest absolute Gasteiger partial charge is 0.361 e. The molecule has 0 bridgehead atoms. The summed E-state index contributed by atoms with van der Waals surface area (Å²) in [6.07, 6.45) is 5.96. The average Bonchev–Trinajstić information content (AvgIpc) is 3.36. The van der Waals surface area contributed by atoms with Crippen LogP contribution in [0, 0.1) is 5.92 Å². The van der Waals surface area contributed by atoms with Gasteiger partial charge in [0, 0.05) is 40.7 Å². The normalized spacial score (nSPS) is 12.8. The SMILES string of the molecule is CCC(C(=O)C[C@@H](CC)C(=O)CSc1ccccc1)n1ccnc(NCc2cncs2)c1=O. The molecule has 0 aliphatic heterocycles. The molecule has 33 heavy (non-hydrogen) atoms. The van der Waals surface area contributed by atoms with E-state index in [1.54, 1.807) is 17.9 Å². The smallest absolute Gasteiger partial charge is 0.293 e. The van der Waals surface area contributed by atoms with Crippen molar-refractivity contribution >= 4 is 40.5 Å². The van der Waals surface area contributed by atoms with E-state index < -0.39 is 6.04 Å². The number of carbonyl (C=O) groups is 2. The molecule has 9 heteroatoms. The van der Waals surface area contributed by atoms with Crippen molar-refractivity contribution in [2.24, 2.45) is 5.92 Å². The second kappa shape index (κ2) is 12.5. The Balaban J connectivity index is 1.66. The maximum atomic E-state index is 13.2. The maximum Gasteiger partial charge on any atom is 0.293 e. The number of nitrogens with zero attached hydrogens (tertiary/aromatic N) is 3. The molecule has 1 unspecified atom stereocenters. The van der Waals surface area contributed by atoms with Gasteiger partial charge in [-0.05, 0) is 25.0 Å². The fraction of sp³-hybridized carbons (Fsp3) is 0.375.